The number of nitrogens with two attached hydrogens (primary N) is 1. The maximum Gasteiger partial charge on any atom is 0.273 e. The third-order valence-electron chi connectivity index (χ3n) is 7.28. The van der Waals surface area contributed by atoms with E-state index >= 15 is 0 Å². The van der Waals surface area contributed by atoms with Crippen molar-refractivity contribution in [1.29, 1.82) is 0 Å². The maximum absolute atomic E-state index is 13.9. The Hall–Kier alpha value is -3.01. The molecule has 0 radical (unpaired) electrons. The van der Waals surface area contributed by atoms with Crippen molar-refractivity contribution in [2.75, 3.05) is 10.6 Å². The summed E-state index contributed by atoms with van der Waals surface area (Å²) in [6.07, 6.45) is 10.1. The highest BCUT2D eigenvalue weighted by molar-refractivity contribution is 7.09. The predicted molar refractivity (Wildman–Crippen MR) is 143 cm³/mol. The van der Waals surface area contributed by atoms with Crippen LogP contribution < -0.4 is 21.3 Å². The van der Waals surface area contributed by atoms with Gasteiger partial charge in [0, 0.05) is 17.8 Å². The highest BCUT2D eigenvalue weighted by Crippen LogP contribution is 2.30. The third-order valence-corrected chi connectivity index (χ3v) is 8.13. The van der Waals surface area contributed by atoms with Crippen LogP contribution in [0.15, 0.2) is 24.3 Å². The van der Waals surface area contributed by atoms with Crippen molar-refractivity contribution in [3.05, 3.63) is 40.7 Å². The van der Waals surface area contributed by atoms with E-state index in [4.69, 9.17) is 5.73 Å². The number of hydrogen-bond acceptors (Lipinski definition) is 6. The van der Waals surface area contributed by atoms with Crippen LogP contribution in [0, 0.1) is 5.82 Å². The summed E-state index contributed by atoms with van der Waals surface area (Å²) in [5, 5.41) is 6.09. The Morgan fingerprint density at radius 2 is 1.62 bits per heavy atom. The van der Waals surface area contributed by atoms with Crippen LogP contribution >= 0.6 is 11.5 Å². The fourth-order valence-electron chi connectivity index (χ4n) is 5.28. The van der Waals surface area contributed by atoms with Crippen LogP contribution in [0.1, 0.15) is 97.7 Å². The lowest BCUT2D eigenvalue weighted by Crippen LogP contribution is -2.51. The molecule has 1 aromatic carbocycles. The summed E-state index contributed by atoms with van der Waals surface area (Å²) < 4.78 is 18.0. The van der Waals surface area contributed by atoms with Gasteiger partial charge in [0.2, 0.25) is 5.91 Å². The Kier molecular flexibility index (Phi) is 9.13. The fourth-order valence-corrected chi connectivity index (χ4v) is 6.02. The van der Waals surface area contributed by atoms with Crippen molar-refractivity contribution in [3.63, 3.8) is 0 Å². The van der Waals surface area contributed by atoms with Crippen LogP contribution in [0.2, 0.25) is 0 Å². The van der Waals surface area contributed by atoms with Gasteiger partial charge in [-0.3, -0.25) is 19.3 Å². The summed E-state index contributed by atoms with van der Waals surface area (Å²) >= 11 is 0.848. The molecule has 1 aromatic heterocycles. The van der Waals surface area contributed by atoms with E-state index < -0.39 is 23.7 Å². The molecular weight excluding hydrogens is 493 g/mol. The molecule has 0 saturated heterocycles. The number of nitrogen functional groups attached to an aromatic ring is 1. The second-order valence-corrected chi connectivity index (χ2v) is 10.8. The highest BCUT2D eigenvalue weighted by atomic mass is 32.1. The average molecular weight is 530 g/mol. The molecule has 0 unspecified atom stereocenters. The van der Waals surface area contributed by atoms with Gasteiger partial charge < -0.3 is 16.4 Å². The van der Waals surface area contributed by atoms with Gasteiger partial charge in [-0.2, -0.15) is 4.37 Å². The largest absolute Gasteiger partial charge is 0.395 e. The number of benzene rings is 1. The van der Waals surface area contributed by atoms with Crippen LogP contribution in [0.5, 0.6) is 0 Å². The Balaban J connectivity index is 1.62. The molecule has 10 heteroatoms. The van der Waals surface area contributed by atoms with E-state index in [2.05, 4.69) is 15.0 Å². The van der Waals surface area contributed by atoms with Crippen LogP contribution in [0.3, 0.4) is 0 Å². The number of halogens is 1. The lowest BCUT2D eigenvalue weighted by Gasteiger charge is -2.31. The number of anilines is 2. The quantitative estimate of drug-likeness (QED) is 0.431. The number of amides is 3. The molecule has 2 aliphatic carbocycles. The molecule has 1 atom stereocenters. The average Bonchev–Trinajstić information content (AvgIpc) is 3.54. The number of hydrogen-bond donors (Lipinski definition) is 3. The summed E-state index contributed by atoms with van der Waals surface area (Å²) in [7, 11) is 0. The van der Waals surface area contributed by atoms with Gasteiger partial charge in [-0.15, -0.1) is 0 Å². The Morgan fingerprint density at radius 1 is 1.03 bits per heavy atom. The number of carbonyl (C=O) groups is 3. The summed E-state index contributed by atoms with van der Waals surface area (Å²) in [4.78, 5) is 41.8. The van der Waals surface area contributed by atoms with E-state index in [-0.39, 0.29) is 34.2 Å². The van der Waals surface area contributed by atoms with Crippen LogP contribution in [0.25, 0.3) is 0 Å². The summed E-state index contributed by atoms with van der Waals surface area (Å²) in [5.74, 6) is -1.61. The molecule has 2 aliphatic rings. The Labute approximate surface area is 221 Å². The zero-order valence-corrected chi connectivity index (χ0v) is 22.1. The van der Waals surface area contributed by atoms with E-state index in [1.54, 1.807) is 0 Å². The van der Waals surface area contributed by atoms with Gasteiger partial charge in [-0.25, -0.2) is 4.39 Å². The molecule has 0 spiro atoms. The molecular formula is C27H36FN5O3S. The number of carbonyl (C=O) groups excluding carboxylic acids is 3. The first-order valence-corrected chi connectivity index (χ1v) is 14.1. The van der Waals surface area contributed by atoms with Crippen molar-refractivity contribution >= 4 is 40.6 Å². The fraction of sp³-hybridized carbons (Fsp3) is 0.556. The zero-order chi connectivity index (χ0) is 26.4. The Bertz CT molecular complexity index is 1090. The van der Waals surface area contributed by atoms with Crippen molar-refractivity contribution in [1.82, 2.24) is 15.0 Å². The minimum atomic E-state index is -0.815. The van der Waals surface area contributed by atoms with Crippen molar-refractivity contribution in [2.24, 2.45) is 0 Å². The smallest absolute Gasteiger partial charge is 0.273 e. The molecule has 0 aliphatic heterocycles. The van der Waals surface area contributed by atoms with Crippen molar-refractivity contribution in [3.8, 4) is 0 Å². The van der Waals surface area contributed by atoms with Gasteiger partial charge >= 0.3 is 0 Å². The highest BCUT2D eigenvalue weighted by Gasteiger charge is 2.35. The number of nitrogens with one attached hydrogen (secondary N) is 2. The molecule has 2 saturated carbocycles. The monoisotopic (exact) mass is 529 g/mol. The van der Waals surface area contributed by atoms with Crippen molar-refractivity contribution in [2.45, 2.75) is 95.7 Å². The standard InChI is InChI=1S/C27H36FN5O3S/c1-2-8-21(25(34)30-18-11-6-7-12-18)33(20-15-13-17(28)14-16-20)27(36)24-22(29)23(32-37-24)26(35)31-19-9-4-3-5-10-19/h13-16,18-19,21H,2-12,29H2,1H3,(H,30,34)(H,31,35)/t21-/m0/s1. The van der Waals surface area contributed by atoms with Gasteiger partial charge in [-0.05, 0) is 67.9 Å². The molecule has 3 amide bonds. The first-order valence-electron chi connectivity index (χ1n) is 13.3. The number of rotatable bonds is 9. The summed E-state index contributed by atoms with van der Waals surface area (Å²) in [6, 6.07) is 4.81. The minimum Gasteiger partial charge on any atom is -0.395 e. The second kappa shape index (κ2) is 12.5. The lowest BCUT2D eigenvalue weighted by molar-refractivity contribution is -0.123. The van der Waals surface area contributed by atoms with Gasteiger partial charge in [0.05, 0.1) is 5.69 Å². The van der Waals surface area contributed by atoms with E-state index in [0.29, 0.717) is 18.5 Å². The second-order valence-electron chi connectivity index (χ2n) is 10.0. The molecule has 0 bridgehead atoms. The topological polar surface area (TPSA) is 117 Å². The van der Waals surface area contributed by atoms with Crippen LogP contribution in [-0.2, 0) is 4.79 Å². The molecule has 2 aromatic rings. The Morgan fingerprint density at radius 3 is 2.24 bits per heavy atom. The molecule has 37 heavy (non-hydrogen) atoms. The van der Waals surface area contributed by atoms with Crippen molar-refractivity contribution < 1.29 is 18.8 Å². The maximum atomic E-state index is 13.9. The van der Waals surface area contributed by atoms with Crippen LogP contribution in [0.4, 0.5) is 15.8 Å². The van der Waals surface area contributed by atoms with Gasteiger partial charge in [-0.1, -0.05) is 45.4 Å². The lowest BCUT2D eigenvalue weighted by atomic mass is 9.95. The molecule has 4 rings (SSSR count). The summed E-state index contributed by atoms with van der Waals surface area (Å²) in [5.41, 5.74) is 6.72. The van der Waals surface area contributed by atoms with Crippen LogP contribution in [-0.4, -0.2) is 40.2 Å². The first kappa shape index (κ1) is 27.0. The molecule has 4 N–H and O–H groups in total. The van der Waals surface area contributed by atoms with Gasteiger partial charge in [0.1, 0.15) is 16.7 Å². The van der Waals surface area contributed by atoms with E-state index in [1.165, 1.54) is 29.2 Å². The van der Waals surface area contributed by atoms with E-state index in [0.717, 1.165) is 69.3 Å². The number of nitrogens with zero attached hydrogens (tertiary/aromatic N) is 2. The van der Waals surface area contributed by atoms with E-state index in [9.17, 15) is 18.8 Å². The third kappa shape index (κ3) is 6.47. The molecule has 200 valence electrons. The number of aromatic nitrogens is 1. The normalized spacial score (nSPS) is 17.4. The predicted octanol–water partition coefficient (Wildman–Crippen LogP) is 4.80. The first-order chi connectivity index (χ1) is 17.9. The molecule has 8 nitrogen and oxygen atoms in total. The van der Waals surface area contributed by atoms with Gasteiger partial charge in [0.25, 0.3) is 11.8 Å². The zero-order valence-electron chi connectivity index (χ0n) is 21.3. The SMILES string of the molecule is CCC[C@@H](C(=O)NC1CCCC1)N(C(=O)c1snc(C(=O)NC2CCCCC2)c1N)c1ccc(F)cc1. The molecule has 1 heterocycles. The van der Waals surface area contributed by atoms with E-state index in [1.807, 2.05) is 6.92 Å². The summed E-state index contributed by atoms with van der Waals surface area (Å²) in [6.45, 7) is 1.94. The molecule has 2 fully saturated rings. The van der Waals surface area contributed by atoms with Gasteiger partial charge in [0.15, 0.2) is 5.69 Å². The minimum absolute atomic E-state index is 0.00173.